The quantitative estimate of drug-likeness (QED) is 0.649. The van der Waals surface area contributed by atoms with Crippen LogP contribution in [0.1, 0.15) is 11.1 Å². The minimum atomic E-state index is -4.48. The molecular formula is C12H7F3N2O. The van der Waals surface area contributed by atoms with E-state index in [1.165, 1.54) is 18.2 Å². The normalized spacial score (nSPS) is 13.6. The molecule has 1 aromatic carbocycles. The third-order valence-electron chi connectivity index (χ3n) is 2.08. The van der Waals surface area contributed by atoms with E-state index < -0.39 is 17.8 Å². The average Bonchev–Trinajstić information content (AvgIpc) is 2.34. The molecule has 0 aliphatic heterocycles. The van der Waals surface area contributed by atoms with E-state index in [0.717, 1.165) is 18.2 Å². The van der Waals surface area contributed by atoms with Gasteiger partial charge in [-0.05, 0) is 23.8 Å². The number of halogens is 3. The first-order valence-electron chi connectivity index (χ1n) is 4.75. The van der Waals surface area contributed by atoms with Gasteiger partial charge in [-0.1, -0.05) is 12.1 Å². The van der Waals surface area contributed by atoms with E-state index in [2.05, 4.69) is 0 Å². The van der Waals surface area contributed by atoms with Crippen LogP contribution in [0.25, 0.3) is 6.08 Å². The Bertz CT molecular complexity index is 550. The summed E-state index contributed by atoms with van der Waals surface area (Å²) < 4.78 is 37.3. The molecule has 6 heteroatoms. The number of benzene rings is 1. The van der Waals surface area contributed by atoms with Gasteiger partial charge in [-0.25, -0.2) is 0 Å². The van der Waals surface area contributed by atoms with E-state index in [0.29, 0.717) is 0 Å². The molecule has 0 aliphatic rings. The molecular weight excluding hydrogens is 245 g/mol. The summed E-state index contributed by atoms with van der Waals surface area (Å²) in [4.78, 5) is 0. The molecule has 92 valence electrons. The van der Waals surface area contributed by atoms with Gasteiger partial charge in [-0.2, -0.15) is 23.7 Å². The van der Waals surface area contributed by atoms with Crippen LogP contribution >= 0.6 is 0 Å². The lowest BCUT2D eigenvalue weighted by Gasteiger charge is -2.07. The molecule has 18 heavy (non-hydrogen) atoms. The van der Waals surface area contributed by atoms with Gasteiger partial charge < -0.3 is 5.11 Å². The zero-order valence-electron chi connectivity index (χ0n) is 8.94. The molecule has 3 nitrogen and oxygen atoms in total. The molecule has 0 aliphatic carbocycles. The van der Waals surface area contributed by atoms with Gasteiger partial charge in [0.2, 0.25) is 0 Å². The minimum absolute atomic E-state index is 0.0932. The summed E-state index contributed by atoms with van der Waals surface area (Å²) in [6.07, 6.45) is -5.09. The van der Waals surface area contributed by atoms with Crippen molar-refractivity contribution in [3.63, 3.8) is 0 Å². The van der Waals surface area contributed by atoms with Gasteiger partial charge in [0, 0.05) is 0 Å². The maximum absolute atomic E-state index is 12.4. The number of nitrogens with zero attached hydrogens (tertiary/aromatic N) is 2. The second-order valence-corrected chi connectivity index (χ2v) is 3.37. The summed E-state index contributed by atoms with van der Waals surface area (Å²) >= 11 is 0. The van der Waals surface area contributed by atoms with E-state index in [1.807, 2.05) is 0 Å². The third kappa shape index (κ3) is 3.34. The van der Waals surface area contributed by atoms with Gasteiger partial charge in [-0.15, -0.1) is 0 Å². The fraction of sp³-hybridized carbons (Fsp3) is 0.167. The van der Waals surface area contributed by atoms with Crippen LogP contribution < -0.4 is 0 Å². The fourth-order valence-electron chi connectivity index (χ4n) is 1.23. The van der Waals surface area contributed by atoms with Crippen molar-refractivity contribution >= 4 is 6.08 Å². The van der Waals surface area contributed by atoms with Gasteiger partial charge in [0.15, 0.2) is 6.10 Å². The fourth-order valence-corrected chi connectivity index (χ4v) is 1.23. The molecule has 0 bridgehead atoms. The Morgan fingerprint density at radius 3 is 2.50 bits per heavy atom. The SMILES string of the molecule is N#CC(=Cc1cccc(C(F)(F)F)c1)C(O)C#N. The van der Waals surface area contributed by atoms with Crippen LogP contribution in [0, 0.1) is 22.7 Å². The predicted molar refractivity (Wildman–Crippen MR) is 56.7 cm³/mol. The molecule has 0 fully saturated rings. The molecule has 1 atom stereocenters. The van der Waals surface area contributed by atoms with Crippen LogP contribution in [0.3, 0.4) is 0 Å². The monoisotopic (exact) mass is 252 g/mol. The van der Waals surface area contributed by atoms with E-state index in [-0.39, 0.29) is 11.1 Å². The van der Waals surface area contributed by atoms with E-state index in [1.54, 1.807) is 6.07 Å². The van der Waals surface area contributed by atoms with Crippen LogP contribution in [0.2, 0.25) is 0 Å². The second-order valence-electron chi connectivity index (χ2n) is 3.37. The van der Waals surface area contributed by atoms with Crippen molar-refractivity contribution in [3.05, 3.63) is 41.0 Å². The van der Waals surface area contributed by atoms with E-state index >= 15 is 0 Å². The molecule has 0 amide bonds. The number of aliphatic hydroxyl groups is 1. The lowest BCUT2D eigenvalue weighted by Crippen LogP contribution is -2.06. The molecule has 1 unspecified atom stereocenters. The number of hydrogen-bond donors (Lipinski definition) is 1. The third-order valence-corrected chi connectivity index (χ3v) is 2.08. The summed E-state index contributed by atoms with van der Waals surface area (Å²) in [6.45, 7) is 0. The van der Waals surface area contributed by atoms with Crippen LogP contribution in [0.5, 0.6) is 0 Å². The highest BCUT2D eigenvalue weighted by atomic mass is 19.4. The zero-order chi connectivity index (χ0) is 13.8. The first-order valence-corrected chi connectivity index (χ1v) is 4.75. The number of rotatable bonds is 2. The number of hydrogen-bond acceptors (Lipinski definition) is 3. The molecule has 1 rings (SSSR count). The maximum Gasteiger partial charge on any atom is 0.416 e. The van der Waals surface area contributed by atoms with Crippen molar-refractivity contribution in [1.82, 2.24) is 0 Å². The largest absolute Gasteiger partial charge is 0.416 e. The standard InChI is InChI=1S/C12H7F3N2O/c13-12(14,15)10-3-1-2-8(5-10)4-9(6-16)11(18)7-17/h1-5,11,18H. The molecule has 0 saturated heterocycles. The minimum Gasteiger partial charge on any atom is -0.373 e. The van der Waals surface area contributed by atoms with Crippen molar-refractivity contribution in [3.8, 4) is 12.1 Å². The van der Waals surface area contributed by atoms with Gasteiger partial charge in [0.25, 0.3) is 0 Å². The molecule has 1 N–H and O–H groups in total. The Hall–Kier alpha value is -2.31. The van der Waals surface area contributed by atoms with Crippen LogP contribution in [0.15, 0.2) is 29.8 Å². The number of alkyl halides is 3. The van der Waals surface area contributed by atoms with Crippen molar-refractivity contribution < 1.29 is 18.3 Å². The Balaban J connectivity index is 3.17. The van der Waals surface area contributed by atoms with Crippen molar-refractivity contribution in [1.29, 1.82) is 10.5 Å². The molecule has 0 aromatic heterocycles. The molecule has 0 heterocycles. The molecule has 0 radical (unpaired) electrons. The summed E-state index contributed by atoms with van der Waals surface area (Å²) in [6, 6.07) is 7.24. The Morgan fingerprint density at radius 2 is 2.00 bits per heavy atom. The van der Waals surface area contributed by atoms with E-state index in [9.17, 15) is 13.2 Å². The van der Waals surface area contributed by atoms with Gasteiger partial charge in [0.1, 0.15) is 0 Å². The van der Waals surface area contributed by atoms with Crippen molar-refractivity contribution in [2.75, 3.05) is 0 Å². The number of aliphatic hydroxyl groups excluding tert-OH is 1. The van der Waals surface area contributed by atoms with Crippen molar-refractivity contribution in [2.45, 2.75) is 12.3 Å². The highest BCUT2D eigenvalue weighted by molar-refractivity contribution is 5.60. The highest BCUT2D eigenvalue weighted by Crippen LogP contribution is 2.30. The first kappa shape index (κ1) is 13.8. The number of nitriles is 2. The van der Waals surface area contributed by atoms with Crippen LogP contribution in [0.4, 0.5) is 13.2 Å². The molecule has 1 aromatic rings. The van der Waals surface area contributed by atoms with Gasteiger partial charge >= 0.3 is 6.18 Å². The Morgan fingerprint density at radius 1 is 1.33 bits per heavy atom. The van der Waals surface area contributed by atoms with Crippen molar-refractivity contribution in [2.24, 2.45) is 0 Å². The molecule has 0 saturated carbocycles. The van der Waals surface area contributed by atoms with E-state index in [4.69, 9.17) is 15.6 Å². The lowest BCUT2D eigenvalue weighted by molar-refractivity contribution is -0.137. The zero-order valence-corrected chi connectivity index (χ0v) is 8.94. The summed E-state index contributed by atoms with van der Waals surface area (Å²) in [5.74, 6) is 0. The predicted octanol–water partition coefficient (Wildman–Crippen LogP) is 2.50. The summed E-state index contributed by atoms with van der Waals surface area (Å²) in [7, 11) is 0. The van der Waals surface area contributed by atoms with Gasteiger partial charge in [0.05, 0.1) is 23.3 Å². The second kappa shape index (κ2) is 5.35. The smallest absolute Gasteiger partial charge is 0.373 e. The average molecular weight is 252 g/mol. The Kier molecular flexibility index (Phi) is 4.09. The van der Waals surface area contributed by atoms with Crippen LogP contribution in [-0.4, -0.2) is 11.2 Å². The molecule has 0 spiro atoms. The lowest BCUT2D eigenvalue weighted by atomic mass is 10.1. The topological polar surface area (TPSA) is 67.8 Å². The summed E-state index contributed by atoms with van der Waals surface area (Å²) in [5.41, 5.74) is -1.08. The van der Waals surface area contributed by atoms with Gasteiger partial charge in [-0.3, -0.25) is 0 Å². The summed E-state index contributed by atoms with van der Waals surface area (Å²) in [5, 5.41) is 26.2. The van der Waals surface area contributed by atoms with Crippen LogP contribution in [-0.2, 0) is 6.18 Å². The Labute approximate surface area is 101 Å². The highest BCUT2D eigenvalue weighted by Gasteiger charge is 2.30. The first-order chi connectivity index (χ1) is 8.38. The maximum atomic E-state index is 12.4.